The number of benzene rings is 2. The molecule has 2 aromatic rings. The van der Waals surface area contributed by atoms with Gasteiger partial charge in [0.05, 0.1) is 6.04 Å². The van der Waals surface area contributed by atoms with Crippen LogP contribution in [-0.4, -0.2) is 35.0 Å². The standard InChI is InChI=1S/C21H26N2O2/c1-16-6-4-7-17(14-16)15-23-13-5-9-19(23)21(25)22-12-11-18-8-2-3-10-20(18)24/h2-4,6-8,10,14,19,24H,5,9,11-13,15H2,1H3,(H,22,25). The first kappa shape index (κ1) is 17.5. The van der Waals surface area contributed by atoms with Gasteiger partial charge in [-0.2, -0.15) is 0 Å². The first-order chi connectivity index (χ1) is 12.1. The largest absolute Gasteiger partial charge is 0.508 e. The van der Waals surface area contributed by atoms with Crippen molar-refractivity contribution in [3.8, 4) is 5.75 Å². The van der Waals surface area contributed by atoms with E-state index in [1.54, 1.807) is 12.1 Å². The van der Waals surface area contributed by atoms with Gasteiger partial charge in [0.1, 0.15) is 5.75 Å². The molecule has 1 aliphatic rings. The zero-order chi connectivity index (χ0) is 17.6. The first-order valence-electron chi connectivity index (χ1n) is 8.97. The lowest BCUT2D eigenvalue weighted by molar-refractivity contribution is -0.125. The van der Waals surface area contributed by atoms with Crippen LogP contribution in [0.15, 0.2) is 48.5 Å². The smallest absolute Gasteiger partial charge is 0.237 e. The summed E-state index contributed by atoms with van der Waals surface area (Å²) >= 11 is 0. The number of aromatic hydroxyl groups is 1. The second-order valence-electron chi connectivity index (χ2n) is 6.79. The number of aryl methyl sites for hydroxylation is 1. The van der Waals surface area contributed by atoms with Gasteiger partial charge in [-0.15, -0.1) is 0 Å². The monoisotopic (exact) mass is 338 g/mol. The normalized spacial score (nSPS) is 17.6. The predicted molar refractivity (Wildman–Crippen MR) is 99.4 cm³/mol. The van der Waals surface area contributed by atoms with Crippen molar-refractivity contribution in [2.45, 2.75) is 38.8 Å². The molecule has 3 rings (SSSR count). The van der Waals surface area contributed by atoms with Gasteiger partial charge >= 0.3 is 0 Å². The molecule has 0 radical (unpaired) electrons. The molecule has 1 heterocycles. The fourth-order valence-corrected chi connectivity index (χ4v) is 3.52. The van der Waals surface area contributed by atoms with E-state index in [4.69, 9.17) is 0 Å². The highest BCUT2D eigenvalue weighted by Gasteiger charge is 2.30. The summed E-state index contributed by atoms with van der Waals surface area (Å²) in [5.74, 6) is 0.388. The van der Waals surface area contributed by atoms with Crippen LogP contribution in [0.1, 0.15) is 29.5 Å². The minimum Gasteiger partial charge on any atom is -0.508 e. The minimum absolute atomic E-state index is 0.0510. The number of hydrogen-bond donors (Lipinski definition) is 2. The summed E-state index contributed by atoms with van der Waals surface area (Å²) in [5.41, 5.74) is 3.38. The summed E-state index contributed by atoms with van der Waals surface area (Å²) in [7, 11) is 0. The van der Waals surface area contributed by atoms with Crippen molar-refractivity contribution in [2.75, 3.05) is 13.1 Å². The number of nitrogens with zero attached hydrogens (tertiary/aromatic N) is 1. The molecule has 0 aliphatic carbocycles. The van der Waals surface area contributed by atoms with Crippen molar-refractivity contribution in [3.63, 3.8) is 0 Å². The van der Waals surface area contributed by atoms with Gasteiger partial charge in [0.2, 0.25) is 5.91 Å². The molecule has 1 fully saturated rings. The highest BCUT2D eigenvalue weighted by molar-refractivity contribution is 5.82. The molecule has 1 saturated heterocycles. The molecule has 0 saturated carbocycles. The van der Waals surface area contributed by atoms with E-state index in [0.717, 1.165) is 31.5 Å². The fourth-order valence-electron chi connectivity index (χ4n) is 3.52. The lowest BCUT2D eigenvalue weighted by atomic mass is 10.1. The number of para-hydroxylation sites is 1. The second kappa shape index (κ2) is 8.17. The molecule has 1 atom stereocenters. The first-order valence-corrected chi connectivity index (χ1v) is 8.97. The van der Waals surface area contributed by atoms with Crippen LogP contribution >= 0.6 is 0 Å². The number of phenols is 1. The van der Waals surface area contributed by atoms with Crippen LogP contribution < -0.4 is 5.32 Å². The maximum atomic E-state index is 12.6. The summed E-state index contributed by atoms with van der Waals surface area (Å²) in [5, 5.41) is 12.8. The number of carbonyl (C=O) groups excluding carboxylic acids is 1. The van der Waals surface area contributed by atoms with Gasteiger partial charge in [0.15, 0.2) is 0 Å². The van der Waals surface area contributed by atoms with E-state index in [9.17, 15) is 9.90 Å². The number of hydrogen-bond acceptors (Lipinski definition) is 3. The third-order valence-corrected chi connectivity index (χ3v) is 4.82. The van der Waals surface area contributed by atoms with Crippen molar-refractivity contribution in [3.05, 3.63) is 65.2 Å². The maximum Gasteiger partial charge on any atom is 0.237 e. The Hall–Kier alpha value is -2.33. The summed E-state index contributed by atoms with van der Waals surface area (Å²) in [6.45, 7) is 4.42. The lowest BCUT2D eigenvalue weighted by Crippen LogP contribution is -2.43. The minimum atomic E-state index is -0.0510. The van der Waals surface area contributed by atoms with E-state index in [0.29, 0.717) is 18.7 Å². The van der Waals surface area contributed by atoms with Gasteiger partial charge < -0.3 is 10.4 Å². The number of phenolic OH excluding ortho intramolecular Hbond substituents is 1. The Bertz CT molecular complexity index is 729. The van der Waals surface area contributed by atoms with E-state index in [2.05, 4.69) is 41.4 Å². The van der Waals surface area contributed by atoms with E-state index in [1.165, 1.54) is 11.1 Å². The van der Waals surface area contributed by atoms with Gasteiger partial charge in [-0.1, -0.05) is 48.0 Å². The average molecular weight is 338 g/mol. The Labute approximate surface area is 149 Å². The molecule has 4 heteroatoms. The Morgan fingerprint density at radius 2 is 2.08 bits per heavy atom. The molecule has 2 aromatic carbocycles. The molecule has 0 aromatic heterocycles. The predicted octanol–water partition coefficient (Wildman–Crippen LogP) is 3.02. The molecular formula is C21H26N2O2. The van der Waals surface area contributed by atoms with Crippen LogP contribution in [0.3, 0.4) is 0 Å². The highest BCUT2D eigenvalue weighted by atomic mass is 16.3. The van der Waals surface area contributed by atoms with Crippen LogP contribution in [0.2, 0.25) is 0 Å². The van der Waals surface area contributed by atoms with Crippen LogP contribution in [0, 0.1) is 6.92 Å². The summed E-state index contributed by atoms with van der Waals surface area (Å²) in [6, 6.07) is 15.7. The molecule has 1 unspecified atom stereocenters. The molecular weight excluding hydrogens is 312 g/mol. The molecule has 25 heavy (non-hydrogen) atoms. The third-order valence-electron chi connectivity index (χ3n) is 4.82. The van der Waals surface area contributed by atoms with Crippen LogP contribution in [0.25, 0.3) is 0 Å². The van der Waals surface area contributed by atoms with Crippen LogP contribution in [0.5, 0.6) is 5.75 Å². The Morgan fingerprint density at radius 1 is 1.24 bits per heavy atom. The maximum absolute atomic E-state index is 12.6. The molecule has 132 valence electrons. The highest BCUT2D eigenvalue weighted by Crippen LogP contribution is 2.21. The van der Waals surface area contributed by atoms with Crippen molar-refractivity contribution in [1.29, 1.82) is 0 Å². The van der Waals surface area contributed by atoms with Gasteiger partial charge in [-0.3, -0.25) is 9.69 Å². The number of rotatable bonds is 6. The van der Waals surface area contributed by atoms with Crippen LogP contribution in [-0.2, 0) is 17.8 Å². The average Bonchev–Trinajstić information content (AvgIpc) is 3.05. The van der Waals surface area contributed by atoms with E-state index in [1.807, 2.05) is 12.1 Å². The summed E-state index contributed by atoms with van der Waals surface area (Å²) in [6.07, 6.45) is 2.61. The molecule has 0 bridgehead atoms. The molecule has 0 spiro atoms. The summed E-state index contributed by atoms with van der Waals surface area (Å²) < 4.78 is 0. The SMILES string of the molecule is Cc1cccc(CN2CCCC2C(=O)NCCc2ccccc2O)c1. The fraction of sp³-hybridized carbons (Fsp3) is 0.381. The second-order valence-corrected chi connectivity index (χ2v) is 6.79. The third kappa shape index (κ3) is 4.60. The van der Waals surface area contributed by atoms with Crippen molar-refractivity contribution in [1.82, 2.24) is 10.2 Å². The zero-order valence-corrected chi connectivity index (χ0v) is 14.7. The Balaban J connectivity index is 1.53. The Morgan fingerprint density at radius 3 is 2.88 bits per heavy atom. The number of carbonyl (C=O) groups is 1. The lowest BCUT2D eigenvalue weighted by Gasteiger charge is -2.24. The van der Waals surface area contributed by atoms with Crippen molar-refractivity contribution < 1.29 is 9.90 Å². The number of nitrogens with one attached hydrogen (secondary N) is 1. The van der Waals surface area contributed by atoms with E-state index < -0.39 is 0 Å². The topological polar surface area (TPSA) is 52.6 Å². The van der Waals surface area contributed by atoms with Crippen molar-refractivity contribution in [2.24, 2.45) is 0 Å². The Kier molecular flexibility index (Phi) is 5.71. The zero-order valence-electron chi connectivity index (χ0n) is 14.7. The molecule has 1 aliphatic heterocycles. The van der Waals surface area contributed by atoms with Crippen LogP contribution in [0.4, 0.5) is 0 Å². The van der Waals surface area contributed by atoms with E-state index >= 15 is 0 Å². The van der Waals surface area contributed by atoms with Gasteiger partial charge in [0.25, 0.3) is 0 Å². The number of amides is 1. The van der Waals surface area contributed by atoms with Crippen molar-refractivity contribution >= 4 is 5.91 Å². The molecule has 2 N–H and O–H groups in total. The molecule has 4 nitrogen and oxygen atoms in total. The number of likely N-dealkylation sites (tertiary alicyclic amines) is 1. The van der Waals surface area contributed by atoms with Gasteiger partial charge in [0, 0.05) is 13.1 Å². The van der Waals surface area contributed by atoms with Gasteiger partial charge in [-0.25, -0.2) is 0 Å². The molecule has 1 amide bonds. The van der Waals surface area contributed by atoms with Gasteiger partial charge in [-0.05, 0) is 49.9 Å². The quantitative estimate of drug-likeness (QED) is 0.851. The summed E-state index contributed by atoms with van der Waals surface area (Å²) in [4.78, 5) is 14.8. The van der Waals surface area contributed by atoms with E-state index in [-0.39, 0.29) is 11.9 Å².